The first-order valence-electron chi connectivity index (χ1n) is 8.84. The van der Waals surface area contributed by atoms with Crippen LogP contribution in [0.1, 0.15) is 45.7 Å². The third-order valence-corrected chi connectivity index (χ3v) is 3.81. The van der Waals surface area contributed by atoms with Gasteiger partial charge in [0.05, 0.1) is 0 Å². The normalized spacial score (nSPS) is 11.5. The Labute approximate surface area is 145 Å². The van der Waals surface area contributed by atoms with Crippen LogP contribution in [0.4, 0.5) is 5.82 Å². The van der Waals surface area contributed by atoms with Crippen molar-refractivity contribution < 1.29 is 4.79 Å². The number of guanidine groups is 1. The number of rotatable bonds is 9. The van der Waals surface area contributed by atoms with Crippen LogP contribution in [0.3, 0.4) is 0 Å². The molecule has 1 aromatic rings. The lowest BCUT2D eigenvalue weighted by Crippen LogP contribution is -2.39. The molecule has 3 N–H and O–H groups in total. The molecule has 0 atom stereocenters. The van der Waals surface area contributed by atoms with Crippen molar-refractivity contribution in [1.82, 2.24) is 15.6 Å². The predicted octanol–water partition coefficient (Wildman–Crippen LogP) is 2.71. The summed E-state index contributed by atoms with van der Waals surface area (Å²) in [5, 5.41) is 9.23. The molecule has 0 saturated heterocycles. The van der Waals surface area contributed by atoms with Gasteiger partial charge >= 0.3 is 0 Å². The van der Waals surface area contributed by atoms with E-state index in [9.17, 15) is 4.79 Å². The van der Waals surface area contributed by atoms with Crippen LogP contribution in [0.25, 0.3) is 0 Å². The third-order valence-electron chi connectivity index (χ3n) is 3.81. The highest BCUT2D eigenvalue weighted by atomic mass is 16.1. The molecule has 0 bridgehead atoms. The van der Waals surface area contributed by atoms with E-state index < -0.39 is 0 Å². The maximum absolute atomic E-state index is 12.0. The average Bonchev–Trinajstić information content (AvgIpc) is 2.55. The summed E-state index contributed by atoms with van der Waals surface area (Å²) >= 11 is 0. The maximum Gasteiger partial charge on any atom is 0.227 e. The molecule has 24 heavy (non-hydrogen) atoms. The van der Waals surface area contributed by atoms with Gasteiger partial charge in [0.25, 0.3) is 0 Å². The molecule has 134 valence electrons. The number of aryl methyl sites for hydroxylation is 1. The van der Waals surface area contributed by atoms with Crippen LogP contribution >= 0.6 is 0 Å². The van der Waals surface area contributed by atoms with Gasteiger partial charge in [-0.2, -0.15) is 0 Å². The fraction of sp³-hybridized carbons (Fsp3) is 0.611. The second kappa shape index (κ2) is 11.4. The van der Waals surface area contributed by atoms with E-state index in [2.05, 4.69) is 39.8 Å². The molecule has 1 amide bonds. The van der Waals surface area contributed by atoms with Gasteiger partial charge in [-0.15, -0.1) is 0 Å². The molecule has 0 saturated carbocycles. The quantitative estimate of drug-likeness (QED) is 0.479. The molecule has 0 aromatic carbocycles. The standard InChI is InChI=1S/C18H31N5O/c1-5-15(6-2)13-21-18(19-7-3)20-12-11-17(24)23-16-10-8-9-14(4)22-16/h8-10,15H,5-7,11-13H2,1-4H3,(H2,19,20,21)(H,22,23,24). The Bertz CT molecular complexity index is 526. The van der Waals surface area contributed by atoms with Gasteiger partial charge in [0, 0.05) is 31.7 Å². The van der Waals surface area contributed by atoms with Crippen molar-refractivity contribution in [3.63, 3.8) is 0 Å². The first-order chi connectivity index (χ1) is 11.6. The number of pyridine rings is 1. The molecular formula is C18H31N5O. The molecule has 1 heterocycles. The third kappa shape index (κ3) is 7.94. The Morgan fingerprint density at radius 2 is 1.96 bits per heavy atom. The number of amides is 1. The second-order valence-corrected chi connectivity index (χ2v) is 5.79. The van der Waals surface area contributed by atoms with Crippen LogP contribution in [-0.4, -0.2) is 36.5 Å². The number of aliphatic imine (C=N–C) groups is 1. The minimum Gasteiger partial charge on any atom is -0.357 e. The van der Waals surface area contributed by atoms with E-state index in [0.29, 0.717) is 24.7 Å². The summed E-state index contributed by atoms with van der Waals surface area (Å²) in [4.78, 5) is 20.8. The minimum atomic E-state index is -0.0589. The molecule has 0 radical (unpaired) electrons. The number of aromatic nitrogens is 1. The summed E-state index contributed by atoms with van der Waals surface area (Å²) < 4.78 is 0. The molecule has 1 rings (SSSR count). The molecule has 0 fully saturated rings. The Morgan fingerprint density at radius 1 is 1.21 bits per heavy atom. The van der Waals surface area contributed by atoms with Crippen molar-refractivity contribution in [2.45, 2.75) is 47.0 Å². The number of carbonyl (C=O) groups excluding carboxylic acids is 1. The van der Waals surface area contributed by atoms with Gasteiger partial charge in [0.2, 0.25) is 5.91 Å². The molecule has 0 aliphatic heterocycles. The van der Waals surface area contributed by atoms with Crippen molar-refractivity contribution in [2.75, 3.05) is 25.0 Å². The molecule has 1 aromatic heterocycles. The average molecular weight is 333 g/mol. The van der Waals surface area contributed by atoms with E-state index >= 15 is 0 Å². The number of nitrogens with zero attached hydrogens (tertiary/aromatic N) is 2. The summed E-state index contributed by atoms with van der Waals surface area (Å²) in [5.74, 6) is 1.91. The van der Waals surface area contributed by atoms with Crippen LogP contribution in [0, 0.1) is 12.8 Å². The summed E-state index contributed by atoms with van der Waals surface area (Å²) in [7, 11) is 0. The van der Waals surface area contributed by atoms with E-state index in [1.54, 1.807) is 6.07 Å². The Kier molecular flexibility index (Phi) is 9.49. The summed E-state index contributed by atoms with van der Waals surface area (Å²) in [6.45, 7) is 10.4. The van der Waals surface area contributed by atoms with Crippen LogP contribution in [-0.2, 0) is 4.79 Å². The van der Waals surface area contributed by atoms with E-state index in [1.807, 2.05) is 26.0 Å². The van der Waals surface area contributed by atoms with Crippen molar-refractivity contribution >= 4 is 17.7 Å². The molecule has 0 aliphatic carbocycles. The summed E-state index contributed by atoms with van der Waals surface area (Å²) in [5.41, 5.74) is 0.883. The molecule has 6 heteroatoms. The lowest BCUT2D eigenvalue weighted by molar-refractivity contribution is -0.116. The Balaban J connectivity index is 2.41. The Hall–Kier alpha value is -2.11. The first kappa shape index (κ1) is 19.9. The summed E-state index contributed by atoms with van der Waals surface area (Å²) in [6, 6.07) is 5.57. The van der Waals surface area contributed by atoms with Gasteiger partial charge in [0.15, 0.2) is 5.96 Å². The first-order valence-corrected chi connectivity index (χ1v) is 8.84. The predicted molar refractivity (Wildman–Crippen MR) is 100 cm³/mol. The fourth-order valence-electron chi connectivity index (χ4n) is 2.22. The van der Waals surface area contributed by atoms with Gasteiger partial charge in [-0.3, -0.25) is 9.79 Å². The molecule has 0 aliphatic rings. The highest BCUT2D eigenvalue weighted by Gasteiger charge is 2.06. The van der Waals surface area contributed by atoms with Crippen LogP contribution in [0.15, 0.2) is 23.2 Å². The highest BCUT2D eigenvalue weighted by Crippen LogP contribution is 2.07. The van der Waals surface area contributed by atoms with Crippen molar-refractivity contribution in [2.24, 2.45) is 10.9 Å². The van der Waals surface area contributed by atoms with Gasteiger partial charge in [0.1, 0.15) is 5.82 Å². The van der Waals surface area contributed by atoms with Crippen molar-refractivity contribution in [3.05, 3.63) is 23.9 Å². The Morgan fingerprint density at radius 3 is 2.58 bits per heavy atom. The maximum atomic E-state index is 12.0. The topological polar surface area (TPSA) is 78.4 Å². The monoisotopic (exact) mass is 333 g/mol. The van der Waals surface area contributed by atoms with Crippen LogP contribution in [0.5, 0.6) is 0 Å². The SMILES string of the molecule is CCNC(=NCC(CC)CC)NCCC(=O)Nc1cccc(C)n1. The van der Waals surface area contributed by atoms with E-state index in [4.69, 9.17) is 0 Å². The lowest BCUT2D eigenvalue weighted by Gasteiger charge is -2.14. The largest absolute Gasteiger partial charge is 0.357 e. The van der Waals surface area contributed by atoms with Gasteiger partial charge < -0.3 is 16.0 Å². The molecular weight excluding hydrogens is 302 g/mol. The number of anilines is 1. The highest BCUT2D eigenvalue weighted by molar-refractivity contribution is 5.90. The van der Waals surface area contributed by atoms with Crippen LogP contribution < -0.4 is 16.0 Å². The van der Waals surface area contributed by atoms with Crippen molar-refractivity contribution in [3.8, 4) is 0 Å². The van der Waals surface area contributed by atoms with Gasteiger partial charge in [-0.25, -0.2) is 4.98 Å². The lowest BCUT2D eigenvalue weighted by atomic mass is 10.0. The number of nitrogens with one attached hydrogen (secondary N) is 3. The molecule has 0 spiro atoms. The number of hydrogen-bond acceptors (Lipinski definition) is 3. The molecule has 6 nitrogen and oxygen atoms in total. The molecule has 0 unspecified atom stereocenters. The van der Waals surface area contributed by atoms with Crippen LogP contribution in [0.2, 0.25) is 0 Å². The zero-order chi connectivity index (χ0) is 17.8. The minimum absolute atomic E-state index is 0.0589. The van der Waals surface area contributed by atoms with Gasteiger partial charge in [-0.1, -0.05) is 32.8 Å². The van der Waals surface area contributed by atoms with Crippen molar-refractivity contribution in [1.29, 1.82) is 0 Å². The van der Waals surface area contributed by atoms with E-state index in [-0.39, 0.29) is 5.91 Å². The fourth-order valence-corrected chi connectivity index (χ4v) is 2.22. The zero-order valence-corrected chi connectivity index (χ0v) is 15.4. The number of hydrogen-bond donors (Lipinski definition) is 3. The van der Waals surface area contributed by atoms with E-state index in [0.717, 1.165) is 37.6 Å². The summed E-state index contributed by atoms with van der Waals surface area (Å²) in [6.07, 6.45) is 2.63. The second-order valence-electron chi connectivity index (χ2n) is 5.79. The smallest absolute Gasteiger partial charge is 0.227 e. The van der Waals surface area contributed by atoms with E-state index in [1.165, 1.54) is 0 Å². The zero-order valence-electron chi connectivity index (χ0n) is 15.4. The number of carbonyl (C=O) groups is 1. The van der Waals surface area contributed by atoms with Gasteiger partial charge in [-0.05, 0) is 31.9 Å².